The van der Waals surface area contributed by atoms with Crippen molar-refractivity contribution in [3.05, 3.63) is 0 Å². The molecule has 0 bridgehead atoms. The molecule has 0 atom stereocenters. The maximum absolute atomic E-state index is 5.74. The first kappa shape index (κ1) is 12.0. The molecule has 0 aromatic rings. The zero-order chi connectivity index (χ0) is 10.8. The number of nitrogens with two attached hydrogens (primary N) is 1. The van der Waals surface area contributed by atoms with E-state index in [-0.39, 0.29) is 5.41 Å². The highest BCUT2D eigenvalue weighted by atomic mass is 15.2. The predicted molar refractivity (Wildman–Crippen MR) is 62.3 cm³/mol. The van der Waals surface area contributed by atoms with Gasteiger partial charge in [0.05, 0.1) is 0 Å². The number of hydrogen-bond acceptors (Lipinski definition) is 2. The Bertz CT molecular complexity index is 175. The molecule has 1 aliphatic rings. The van der Waals surface area contributed by atoms with Gasteiger partial charge in [0.25, 0.3) is 0 Å². The summed E-state index contributed by atoms with van der Waals surface area (Å²) in [5, 5.41) is 0. The monoisotopic (exact) mass is 198 g/mol. The fourth-order valence-electron chi connectivity index (χ4n) is 2.38. The Hall–Kier alpha value is -0.0800. The van der Waals surface area contributed by atoms with E-state index >= 15 is 0 Å². The molecular formula is C12H26N2. The van der Waals surface area contributed by atoms with E-state index < -0.39 is 0 Å². The van der Waals surface area contributed by atoms with Crippen LogP contribution in [0.25, 0.3) is 0 Å². The van der Waals surface area contributed by atoms with Crippen LogP contribution < -0.4 is 5.73 Å². The molecule has 0 amide bonds. The SMILES string of the molecule is CCC1(CC)CN(CC(C)(C)CN)C1. The van der Waals surface area contributed by atoms with Gasteiger partial charge in [-0.2, -0.15) is 0 Å². The molecule has 0 spiro atoms. The second-order valence-electron chi connectivity index (χ2n) is 5.72. The second-order valence-corrected chi connectivity index (χ2v) is 5.72. The Morgan fingerprint density at radius 2 is 1.71 bits per heavy atom. The molecule has 0 aliphatic carbocycles. The highest BCUT2D eigenvalue weighted by Crippen LogP contribution is 2.38. The Kier molecular flexibility index (Phi) is 3.59. The van der Waals surface area contributed by atoms with Crippen LogP contribution in [0.15, 0.2) is 0 Å². The van der Waals surface area contributed by atoms with E-state index in [1.807, 2.05) is 0 Å². The van der Waals surface area contributed by atoms with Crippen molar-refractivity contribution in [1.82, 2.24) is 4.90 Å². The molecular weight excluding hydrogens is 172 g/mol. The lowest BCUT2D eigenvalue weighted by Gasteiger charge is -2.52. The van der Waals surface area contributed by atoms with Gasteiger partial charge in [0, 0.05) is 19.6 Å². The van der Waals surface area contributed by atoms with Crippen molar-refractivity contribution in [2.75, 3.05) is 26.2 Å². The minimum Gasteiger partial charge on any atom is -0.330 e. The number of hydrogen-bond donors (Lipinski definition) is 1. The van der Waals surface area contributed by atoms with E-state index in [1.54, 1.807) is 0 Å². The second kappa shape index (κ2) is 4.19. The molecule has 1 fully saturated rings. The molecule has 84 valence electrons. The lowest BCUT2D eigenvalue weighted by molar-refractivity contribution is -0.0265. The average molecular weight is 198 g/mol. The number of likely N-dealkylation sites (tertiary alicyclic amines) is 1. The molecule has 2 N–H and O–H groups in total. The van der Waals surface area contributed by atoms with Crippen LogP contribution in [0.5, 0.6) is 0 Å². The molecule has 0 radical (unpaired) electrons. The molecule has 14 heavy (non-hydrogen) atoms. The van der Waals surface area contributed by atoms with Crippen molar-refractivity contribution in [1.29, 1.82) is 0 Å². The summed E-state index contributed by atoms with van der Waals surface area (Å²) in [6.07, 6.45) is 2.64. The summed E-state index contributed by atoms with van der Waals surface area (Å²) in [7, 11) is 0. The third kappa shape index (κ3) is 2.48. The normalized spacial score (nSPS) is 22.1. The van der Waals surface area contributed by atoms with Crippen LogP contribution in [-0.2, 0) is 0 Å². The molecule has 1 saturated heterocycles. The Labute approximate surface area is 88.8 Å². The van der Waals surface area contributed by atoms with Gasteiger partial charge in [-0.15, -0.1) is 0 Å². The van der Waals surface area contributed by atoms with Crippen molar-refractivity contribution in [3.63, 3.8) is 0 Å². The average Bonchev–Trinajstić information content (AvgIpc) is 2.11. The van der Waals surface area contributed by atoms with E-state index in [0.717, 1.165) is 13.1 Å². The third-order valence-corrected chi connectivity index (χ3v) is 3.82. The van der Waals surface area contributed by atoms with Crippen molar-refractivity contribution in [2.45, 2.75) is 40.5 Å². The maximum Gasteiger partial charge on any atom is 0.00505 e. The zero-order valence-corrected chi connectivity index (χ0v) is 10.3. The minimum atomic E-state index is 0.285. The summed E-state index contributed by atoms with van der Waals surface area (Å²) >= 11 is 0. The van der Waals surface area contributed by atoms with Gasteiger partial charge in [0.1, 0.15) is 0 Å². The van der Waals surface area contributed by atoms with Gasteiger partial charge in [-0.3, -0.25) is 0 Å². The Balaban J connectivity index is 2.34. The first-order valence-corrected chi connectivity index (χ1v) is 5.89. The van der Waals surface area contributed by atoms with Gasteiger partial charge in [-0.05, 0) is 30.2 Å². The number of nitrogens with zero attached hydrogens (tertiary/aromatic N) is 1. The summed E-state index contributed by atoms with van der Waals surface area (Å²) in [6, 6.07) is 0. The fraction of sp³-hybridized carbons (Fsp3) is 1.00. The first-order valence-electron chi connectivity index (χ1n) is 5.89. The van der Waals surface area contributed by atoms with E-state index in [9.17, 15) is 0 Å². The lowest BCUT2D eigenvalue weighted by atomic mass is 9.74. The van der Waals surface area contributed by atoms with Gasteiger partial charge in [0.2, 0.25) is 0 Å². The Morgan fingerprint density at radius 1 is 1.21 bits per heavy atom. The predicted octanol–water partition coefficient (Wildman–Crippen LogP) is 2.09. The van der Waals surface area contributed by atoms with Crippen molar-refractivity contribution < 1.29 is 0 Å². The van der Waals surface area contributed by atoms with Crippen LogP contribution >= 0.6 is 0 Å². The summed E-state index contributed by atoms with van der Waals surface area (Å²) < 4.78 is 0. The molecule has 1 heterocycles. The molecule has 1 rings (SSSR count). The van der Waals surface area contributed by atoms with E-state index in [4.69, 9.17) is 5.73 Å². The van der Waals surface area contributed by atoms with Crippen LogP contribution in [0.3, 0.4) is 0 Å². The van der Waals surface area contributed by atoms with E-state index in [0.29, 0.717) is 5.41 Å². The van der Waals surface area contributed by atoms with Gasteiger partial charge < -0.3 is 10.6 Å². The van der Waals surface area contributed by atoms with Crippen molar-refractivity contribution in [2.24, 2.45) is 16.6 Å². The number of rotatable bonds is 5. The molecule has 0 saturated carbocycles. The van der Waals surface area contributed by atoms with Crippen molar-refractivity contribution in [3.8, 4) is 0 Å². The van der Waals surface area contributed by atoms with E-state index in [2.05, 4.69) is 32.6 Å². The van der Waals surface area contributed by atoms with E-state index in [1.165, 1.54) is 25.9 Å². The topological polar surface area (TPSA) is 29.3 Å². The van der Waals surface area contributed by atoms with Gasteiger partial charge in [0.15, 0.2) is 0 Å². The van der Waals surface area contributed by atoms with Crippen molar-refractivity contribution >= 4 is 0 Å². The lowest BCUT2D eigenvalue weighted by Crippen LogP contribution is -2.58. The minimum absolute atomic E-state index is 0.285. The maximum atomic E-state index is 5.74. The molecule has 0 unspecified atom stereocenters. The summed E-state index contributed by atoms with van der Waals surface area (Å²) in [6.45, 7) is 13.6. The smallest absolute Gasteiger partial charge is 0.00505 e. The third-order valence-electron chi connectivity index (χ3n) is 3.82. The van der Waals surface area contributed by atoms with Gasteiger partial charge in [-0.1, -0.05) is 27.7 Å². The fourth-order valence-corrected chi connectivity index (χ4v) is 2.38. The quantitative estimate of drug-likeness (QED) is 0.733. The summed E-state index contributed by atoms with van der Waals surface area (Å²) in [4.78, 5) is 2.56. The van der Waals surface area contributed by atoms with Gasteiger partial charge >= 0.3 is 0 Å². The molecule has 2 nitrogen and oxygen atoms in total. The van der Waals surface area contributed by atoms with Crippen LogP contribution in [0.2, 0.25) is 0 Å². The highest BCUT2D eigenvalue weighted by molar-refractivity contribution is 4.94. The molecule has 0 aromatic heterocycles. The molecule has 2 heteroatoms. The largest absolute Gasteiger partial charge is 0.330 e. The first-order chi connectivity index (χ1) is 6.47. The van der Waals surface area contributed by atoms with Gasteiger partial charge in [-0.25, -0.2) is 0 Å². The van der Waals surface area contributed by atoms with Crippen LogP contribution in [0.1, 0.15) is 40.5 Å². The summed E-state index contributed by atoms with van der Waals surface area (Å²) in [5.41, 5.74) is 6.65. The summed E-state index contributed by atoms with van der Waals surface area (Å²) in [5.74, 6) is 0. The highest BCUT2D eigenvalue weighted by Gasteiger charge is 2.40. The zero-order valence-electron chi connectivity index (χ0n) is 10.3. The van der Waals surface area contributed by atoms with Crippen LogP contribution in [0, 0.1) is 10.8 Å². The standard InChI is InChI=1S/C12H26N2/c1-5-12(6-2)9-14(10-12)8-11(3,4)7-13/h5-10,13H2,1-4H3. The van der Waals surface area contributed by atoms with Crippen LogP contribution in [0.4, 0.5) is 0 Å². The Morgan fingerprint density at radius 3 is 2.07 bits per heavy atom. The van der Waals surface area contributed by atoms with Crippen LogP contribution in [-0.4, -0.2) is 31.1 Å². The molecule has 1 aliphatic heterocycles. The molecule has 0 aromatic carbocycles.